The number of fused-ring (bicyclic) bond motifs is 1. The van der Waals surface area contributed by atoms with Crippen molar-refractivity contribution in [1.82, 2.24) is 0 Å². The number of hydrogen-bond donors (Lipinski definition) is 1. The van der Waals surface area contributed by atoms with E-state index >= 15 is 0 Å². The molecule has 0 spiro atoms. The second kappa shape index (κ2) is 4.35. The third kappa shape index (κ3) is 1.91. The van der Waals surface area contributed by atoms with Crippen molar-refractivity contribution in [2.45, 2.75) is 19.8 Å². The summed E-state index contributed by atoms with van der Waals surface area (Å²) in [4.78, 5) is 10.8. The largest absolute Gasteiger partial charge is 0.481 e. The summed E-state index contributed by atoms with van der Waals surface area (Å²) in [5, 5.41) is 11.2. The van der Waals surface area contributed by atoms with Gasteiger partial charge < -0.3 is 5.11 Å². The van der Waals surface area contributed by atoms with Gasteiger partial charge in [0.1, 0.15) is 0 Å². The Kier molecular flexibility index (Phi) is 2.91. The number of benzene rings is 2. The van der Waals surface area contributed by atoms with E-state index in [1.165, 1.54) is 10.8 Å². The number of carboxylic acid groups (broad SMARTS) is 1. The molecule has 0 heterocycles. The summed E-state index contributed by atoms with van der Waals surface area (Å²) >= 11 is 0. The Hall–Kier alpha value is -1.83. The van der Waals surface area contributed by atoms with Crippen LogP contribution in [0.3, 0.4) is 0 Å². The molecule has 0 fully saturated rings. The van der Waals surface area contributed by atoms with E-state index in [-0.39, 0.29) is 6.42 Å². The molecule has 82 valence electrons. The molecule has 0 aliphatic heterocycles. The van der Waals surface area contributed by atoms with Gasteiger partial charge in [-0.2, -0.15) is 0 Å². The summed E-state index contributed by atoms with van der Waals surface area (Å²) in [6, 6.07) is 12.0. The second-order valence-electron chi connectivity index (χ2n) is 3.85. The first kappa shape index (κ1) is 10.7. The standard InChI is InChI=1S/C14H14O2/c1-2-12-11(9-14(15)16)8-7-10-5-3-4-6-13(10)12/h3-8H,2,9H2,1H3,(H,15,16). The van der Waals surface area contributed by atoms with E-state index in [1.54, 1.807) is 0 Å². The Balaban J connectivity index is 2.63. The fourth-order valence-electron chi connectivity index (χ4n) is 2.13. The molecule has 0 aliphatic carbocycles. The van der Waals surface area contributed by atoms with Gasteiger partial charge in [-0.1, -0.05) is 43.3 Å². The second-order valence-corrected chi connectivity index (χ2v) is 3.85. The Labute approximate surface area is 94.5 Å². The highest BCUT2D eigenvalue weighted by Gasteiger charge is 2.08. The van der Waals surface area contributed by atoms with Crippen molar-refractivity contribution in [1.29, 1.82) is 0 Å². The normalized spacial score (nSPS) is 10.6. The Bertz CT molecular complexity index is 529. The first-order chi connectivity index (χ1) is 7.72. The average Bonchev–Trinajstić information content (AvgIpc) is 2.28. The number of aryl methyl sites for hydroxylation is 1. The maximum Gasteiger partial charge on any atom is 0.307 e. The van der Waals surface area contributed by atoms with Crippen LogP contribution in [0.1, 0.15) is 18.1 Å². The summed E-state index contributed by atoms with van der Waals surface area (Å²) in [6.45, 7) is 2.06. The van der Waals surface area contributed by atoms with Crippen LogP contribution < -0.4 is 0 Å². The van der Waals surface area contributed by atoms with Crippen molar-refractivity contribution >= 4 is 16.7 Å². The Morgan fingerprint density at radius 1 is 1.19 bits per heavy atom. The molecular formula is C14H14O2. The fourth-order valence-corrected chi connectivity index (χ4v) is 2.13. The molecule has 0 unspecified atom stereocenters. The van der Waals surface area contributed by atoms with Gasteiger partial charge in [-0.05, 0) is 28.3 Å². The van der Waals surface area contributed by atoms with Crippen LogP contribution in [0.25, 0.3) is 10.8 Å². The summed E-state index contributed by atoms with van der Waals surface area (Å²) in [6.07, 6.45) is 0.970. The van der Waals surface area contributed by atoms with E-state index in [2.05, 4.69) is 19.1 Å². The molecule has 0 atom stereocenters. The highest BCUT2D eigenvalue weighted by Crippen LogP contribution is 2.23. The summed E-state index contributed by atoms with van der Waals surface area (Å²) < 4.78 is 0. The van der Waals surface area contributed by atoms with E-state index in [1.807, 2.05) is 24.3 Å². The van der Waals surface area contributed by atoms with Gasteiger partial charge in [-0.15, -0.1) is 0 Å². The first-order valence-electron chi connectivity index (χ1n) is 5.43. The molecular weight excluding hydrogens is 200 g/mol. The zero-order chi connectivity index (χ0) is 11.5. The van der Waals surface area contributed by atoms with Crippen molar-refractivity contribution < 1.29 is 9.90 Å². The molecule has 2 nitrogen and oxygen atoms in total. The van der Waals surface area contributed by atoms with E-state index in [9.17, 15) is 4.79 Å². The van der Waals surface area contributed by atoms with Crippen molar-refractivity contribution in [2.75, 3.05) is 0 Å². The lowest BCUT2D eigenvalue weighted by molar-refractivity contribution is -0.136. The highest BCUT2D eigenvalue weighted by molar-refractivity contribution is 5.88. The first-order valence-corrected chi connectivity index (χ1v) is 5.43. The van der Waals surface area contributed by atoms with Gasteiger partial charge in [0.05, 0.1) is 6.42 Å². The Morgan fingerprint density at radius 3 is 2.62 bits per heavy atom. The minimum Gasteiger partial charge on any atom is -0.481 e. The minimum absolute atomic E-state index is 0.105. The smallest absolute Gasteiger partial charge is 0.307 e. The van der Waals surface area contributed by atoms with Gasteiger partial charge >= 0.3 is 5.97 Å². The van der Waals surface area contributed by atoms with Crippen LogP contribution >= 0.6 is 0 Å². The molecule has 1 N–H and O–H groups in total. The van der Waals surface area contributed by atoms with Gasteiger partial charge in [-0.25, -0.2) is 0 Å². The number of rotatable bonds is 3. The lowest BCUT2D eigenvalue weighted by Crippen LogP contribution is -2.03. The van der Waals surface area contributed by atoms with Crippen LogP contribution in [0.2, 0.25) is 0 Å². The van der Waals surface area contributed by atoms with Crippen molar-refractivity contribution in [3.63, 3.8) is 0 Å². The number of hydrogen-bond acceptors (Lipinski definition) is 1. The molecule has 0 aromatic heterocycles. The molecule has 0 saturated heterocycles. The van der Waals surface area contributed by atoms with Gasteiger partial charge in [-0.3, -0.25) is 4.79 Å². The van der Waals surface area contributed by atoms with Crippen molar-refractivity contribution in [2.24, 2.45) is 0 Å². The molecule has 2 aromatic carbocycles. The van der Waals surface area contributed by atoms with Crippen LogP contribution in [0, 0.1) is 0 Å². The predicted molar refractivity (Wildman–Crippen MR) is 64.7 cm³/mol. The maximum absolute atomic E-state index is 10.8. The summed E-state index contributed by atoms with van der Waals surface area (Å²) in [7, 11) is 0. The molecule has 0 bridgehead atoms. The molecule has 2 aromatic rings. The number of aliphatic carboxylic acids is 1. The predicted octanol–water partition coefficient (Wildman–Crippen LogP) is 3.03. The topological polar surface area (TPSA) is 37.3 Å². The van der Waals surface area contributed by atoms with Gasteiger partial charge in [0.2, 0.25) is 0 Å². The molecule has 2 heteroatoms. The average molecular weight is 214 g/mol. The Morgan fingerprint density at radius 2 is 1.94 bits per heavy atom. The summed E-state index contributed by atoms with van der Waals surface area (Å²) in [5.41, 5.74) is 2.08. The van der Waals surface area contributed by atoms with E-state index in [4.69, 9.17) is 5.11 Å². The van der Waals surface area contributed by atoms with Gasteiger partial charge in [0.15, 0.2) is 0 Å². The molecule has 0 radical (unpaired) electrons. The third-order valence-electron chi connectivity index (χ3n) is 2.83. The van der Waals surface area contributed by atoms with Crippen LogP contribution in [0.4, 0.5) is 0 Å². The lowest BCUT2D eigenvalue weighted by atomic mass is 9.95. The zero-order valence-corrected chi connectivity index (χ0v) is 9.23. The molecule has 0 aliphatic rings. The number of carbonyl (C=O) groups is 1. The quantitative estimate of drug-likeness (QED) is 0.852. The molecule has 0 saturated carbocycles. The van der Waals surface area contributed by atoms with Crippen LogP contribution in [-0.4, -0.2) is 11.1 Å². The highest BCUT2D eigenvalue weighted by atomic mass is 16.4. The van der Waals surface area contributed by atoms with Crippen molar-refractivity contribution in [3.05, 3.63) is 47.5 Å². The van der Waals surface area contributed by atoms with Crippen LogP contribution in [0.5, 0.6) is 0 Å². The van der Waals surface area contributed by atoms with E-state index < -0.39 is 5.97 Å². The van der Waals surface area contributed by atoms with Crippen LogP contribution in [-0.2, 0) is 17.6 Å². The van der Waals surface area contributed by atoms with E-state index in [0.29, 0.717) is 0 Å². The molecule has 0 amide bonds. The monoisotopic (exact) mass is 214 g/mol. The lowest BCUT2D eigenvalue weighted by Gasteiger charge is -2.09. The van der Waals surface area contributed by atoms with E-state index in [0.717, 1.165) is 17.5 Å². The van der Waals surface area contributed by atoms with Crippen LogP contribution in [0.15, 0.2) is 36.4 Å². The minimum atomic E-state index is -0.773. The fraction of sp³-hybridized carbons (Fsp3) is 0.214. The SMILES string of the molecule is CCc1c(CC(=O)O)ccc2ccccc12. The molecule has 16 heavy (non-hydrogen) atoms. The zero-order valence-electron chi connectivity index (χ0n) is 9.23. The maximum atomic E-state index is 10.8. The van der Waals surface area contributed by atoms with Gasteiger partial charge in [0.25, 0.3) is 0 Å². The van der Waals surface area contributed by atoms with Gasteiger partial charge in [0, 0.05) is 0 Å². The third-order valence-corrected chi connectivity index (χ3v) is 2.83. The van der Waals surface area contributed by atoms with Crippen molar-refractivity contribution in [3.8, 4) is 0 Å². The molecule has 2 rings (SSSR count). The summed E-state index contributed by atoms with van der Waals surface area (Å²) in [5.74, 6) is -0.773. The number of carboxylic acids is 1.